The molecular weight excluding hydrogens is 343 g/mol. The van der Waals surface area contributed by atoms with Gasteiger partial charge in [0.2, 0.25) is 0 Å². The van der Waals surface area contributed by atoms with Gasteiger partial charge in [-0.15, -0.1) is 0 Å². The minimum atomic E-state index is -0.271. The molecule has 0 spiro atoms. The van der Waals surface area contributed by atoms with Crippen LogP contribution in [0.3, 0.4) is 0 Å². The predicted octanol–water partition coefficient (Wildman–Crippen LogP) is 2.88. The van der Waals surface area contributed by atoms with Crippen molar-refractivity contribution in [2.24, 2.45) is 10.4 Å². The number of rotatable bonds is 7. The lowest BCUT2D eigenvalue weighted by Crippen LogP contribution is -2.48. The summed E-state index contributed by atoms with van der Waals surface area (Å²) in [4.78, 5) is 6.60. The molecule has 0 bridgehead atoms. The second-order valence-corrected chi connectivity index (χ2v) is 8.13. The van der Waals surface area contributed by atoms with Crippen LogP contribution in [0, 0.1) is 11.2 Å². The van der Waals surface area contributed by atoms with Crippen LogP contribution in [0.2, 0.25) is 0 Å². The lowest BCUT2D eigenvalue weighted by Gasteiger charge is -2.38. The molecule has 1 aromatic carbocycles. The Labute approximate surface area is 163 Å². The zero-order valence-electron chi connectivity index (χ0n) is 17.2. The molecule has 2 atom stereocenters. The molecule has 27 heavy (non-hydrogen) atoms. The van der Waals surface area contributed by atoms with Gasteiger partial charge in [-0.05, 0) is 51.6 Å². The Bertz CT molecular complexity index is 635. The van der Waals surface area contributed by atoms with E-state index in [2.05, 4.69) is 22.5 Å². The molecule has 5 nitrogen and oxygen atoms in total. The summed E-state index contributed by atoms with van der Waals surface area (Å²) in [5, 5.41) is 17.0. The molecule has 1 saturated carbocycles. The van der Waals surface area contributed by atoms with Gasteiger partial charge in [0.25, 0.3) is 0 Å². The van der Waals surface area contributed by atoms with E-state index < -0.39 is 0 Å². The first-order valence-corrected chi connectivity index (χ1v) is 9.96. The highest BCUT2D eigenvalue weighted by molar-refractivity contribution is 5.79. The van der Waals surface area contributed by atoms with Crippen LogP contribution in [0.15, 0.2) is 23.2 Å². The number of benzene rings is 1. The molecule has 1 aliphatic carbocycles. The Hall–Kier alpha value is -1.66. The zero-order chi connectivity index (χ0) is 19.9. The monoisotopic (exact) mass is 378 g/mol. The second kappa shape index (κ2) is 10.0. The standard InChI is InChI=1S/C21H35FN4O/c1-5-23-20(25-15-21(2)11-7-6-8-19(21)27)24-13-16-9-10-18(22)17(12-16)14-26(3)4/h9-10,12,19,27H,5-8,11,13-15H2,1-4H3,(H2,23,24,25). The first-order valence-electron chi connectivity index (χ1n) is 9.96. The number of aliphatic imine (C=N–C) groups is 1. The number of nitrogens with one attached hydrogen (secondary N) is 2. The van der Waals surface area contributed by atoms with E-state index in [0.29, 0.717) is 25.2 Å². The highest BCUT2D eigenvalue weighted by atomic mass is 19.1. The molecular formula is C21H35FN4O. The SMILES string of the molecule is CCNC(=NCc1ccc(F)c(CN(C)C)c1)NCC1(C)CCCCC1O. The molecule has 6 heteroatoms. The lowest BCUT2D eigenvalue weighted by atomic mass is 9.73. The molecule has 0 amide bonds. The summed E-state index contributed by atoms with van der Waals surface area (Å²) in [6, 6.07) is 5.19. The number of aliphatic hydroxyl groups excluding tert-OH is 1. The molecule has 3 N–H and O–H groups in total. The van der Waals surface area contributed by atoms with Crippen LogP contribution in [0.1, 0.15) is 50.7 Å². The van der Waals surface area contributed by atoms with E-state index in [1.807, 2.05) is 32.0 Å². The Kier molecular flexibility index (Phi) is 8.05. The minimum Gasteiger partial charge on any atom is -0.392 e. The molecule has 0 radical (unpaired) electrons. The number of guanidine groups is 1. The first kappa shape index (κ1) is 21.6. The van der Waals surface area contributed by atoms with E-state index in [1.54, 1.807) is 6.07 Å². The van der Waals surface area contributed by atoms with E-state index >= 15 is 0 Å². The normalized spacial score (nSPS) is 23.5. The molecule has 2 rings (SSSR count). The van der Waals surface area contributed by atoms with Crippen LogP contribution >= 0.6 is 0 Å². The molecule has 152 valence electrons. The quantitative estimate of drug-likeness (QED) is 0.504. The number of nitrogens with zero attached hydrogens (tertiary/aromatic N) is 2. The van der Waals surface area contributed by atoms with Gasteiger partial charge in [0.1, 0.15) is 5.82 Å². The van der Waals surface area contributed by atoms with Crippen molar-refractivity contribution < 1.29 is 9.50 Å². The van der Waals surface area contributed by atoms with E-state index in [0.717, 1.165) is 43.8 Å². The Balaban J connectivity index is 2.02. The first-order chi connectivity index (χ1) is 12.8. The minimum absolute atomic E-state index is 0.122. The second-order valence-electron chi connectivity index (χ2n) is 8.13. The third-order valence-corrected chi connectivity index (χ3v) is 5.30. The number of aliphatic hydroxyl groups is 1. The highest BCUT2D eigenvalue weighted by Crippen LogP contribution is 2.35. The highest BCUT2D eigenvalue weighted by Gasteiger charge is 2.35. The van der Waals surface area contributed by atoms with Gasteiger partial charge < -0.3 is 20.6 Å². The van der Waals surface area contributed by atoms with Crippen molar-refractivity contribution in [2.45, 2.75) is 58.7 Å². The van der Waals surface area contributed by atoms with E-state index in [4.69, 9.17) is 0 Å². The van der Waals surface area contributed by atoms with Crippen molar-refractivity contribution in [3.63, 3.8) is 0 Å². The summed E-state index contributed by atoms with van der Waals surface area (Å²) in [7, 11) is 3.86. The van der Waals surface area contributed by atoms with Crippen LogP contribution in [-0.2, 0) is 13.1 Å². The summed E-state index contributed by atoms with van der Waals surface area (Å²) in [6.07, 6.45) is 3.88. The maximum atomic E-state index is 13.9. The molecule has 1 aromatic rings. The van der Waals surface area contributed by atoms with Gasteiger partial charge in [0, 0.05) is 30.6 Å². The number of halogens is 1. The van der Waals surface area contributed by atoms with Gasteiger partial charge in [-0.3, -0.25) is 0 Å². The summed E-state index contributed by atoms with van der Waals surface area (Å²) in [6.45, 7) is 6.67. The number of hydrogen-bond acceptors (Lipinski definition) is 3. The molecule has 1 fully saturated rings. The molecule has 2 unspecified atom stereocenters. The topological polar surface area (TPSA) is 59.9 Å². The smallest absolute Gasteiger partial charge is 0.191 e. The largest absolute Gasteiger partial charge is 0.392 e. The third kappa shape index (κ3) is 6.47. The van der Waals surface area contributed by atoms with Crippen LogP contribution in [-0.4, -0.2) is 49.3 Å². The summed E-state index contributed by atoms with van der Waals surface area (Å²) < 4.78 is 13.9. The Morgan fingerprint density at radius 2 is 2.11 bits per heavy atom. The fraction of sp³-hybridized carbons (Fsp3) is 0.667. The van der Waals surface area contributed by atoms with Crippen LogP contribution in [0.25, 0.3) is 0 Å². The van der Waals surface area contributed by atoms with E-state index in [9.17, 15) is 9.50 Å². The van der Waals surface area contributed by atoms with Gasteiger partial charge >= 0.3 is 0 Å². The van der Waals surface area contributed by atoms with Gasteiger partial charge in [-0.25, -0.2) is 9.38 Å². The fourth-order valence-corrected chi connectivity index (χ4v) is 3.57. The maximum Gasteiger partial charge on any atom is 0.191 e. The van der Waals surface area contributed by atoms with Crippen molar-refractivity contribution in [1.82, 2.24) is 15.5 Å². The molecule has 1 aliphatic rings. The fourth-order valence-electron chi connectivity index (χ4n) is 3.57. The molecule has 0 aromatic heterocycles. The zero-order valence-corrected chi connectivity index (χ0v) is 17.2. The van der Waals surface area contributed by atoms with Crippen molar-refractivity contribution >= 4 is 5.96 Å². The van der Waals surface area contributed by atoms with E-state index in [1.165, 1.54) is 6.07 Å². The molecule has 0 saturated heterocycles. The van der Waals surface area contributed by atoms with Gasteiger partial charge in [-0.1, -0.05) is 25.8 Å². The average Bonchev–Trinajstić information content (AvgIpc) is 2.62. The molecule has 0 heterocycles. The Morgan fingerprint density at radius 1 is 1.33 bits per heavy atom. The predicted molar refractivity (Wildman–Crippen MR) is 109 cm³/mol. The average molecular weight is 379 g/mol. The summed E-state index contributed by atoms with van der Waals surface area (Å²) in [5.74, 6) is 0.552. The lowest BCUT2D eigenvalue weighted by molar-refractivity contribution is 0.00397. The third-order valence-electron chi connectivity index (χ3n) is 5.30. The van der Waals surface area contributed by atoms with Crippen molar-refractivity contribution in [2.75, 3.05) is 27.2 Å². The number of hydrogen-bond donors (Lipinski definition) is 3. The van der Waals surface area contributed by atoms with Crippen LogP contribution in [0.4, 0.5) is 4.39 Å². The van der Waals surface area contributed by atoms with Crippen molar-refractivity contribution in [3.8, 4) is 0 Å². The molecule has 0 aliphatic heterocycles. The summed E-state index contributed by atoms with van der Waals surface area (Å²) in [5.41, 5.74) is 1.54. The van der Waals surface area contributed by atoms with Crippen LogP contribution in [0.5, 0.6) is 0 Å². The van der Waals surface area contributed by atoms with Crippen LogP contribution < -0.4 is 10.6 Å². The van der Waals surface area contributed by atoms with Gasteiger partial charge in [-0.2, -0.15) is 0 Å². The van der Waals surface area contributed by atoms with Gasteiger partial charge in [0.05, 0.1) is 12.6 Å². The maximum absolute atomic E-state index is 13.9. The van der Waals surface area contributed by atoms with Gasteiger partial charge in [0.15, 0.2) is 5.96 Å². The van der Waals surface area contributed by atoms with Crippen molar-refractivity contribution in [1.29, 1.82) is 0 Å². The summed E-state index contributed by atoms with van der Waals surface area (Å²) >= 11 is 0. The Morgan fingerprint density at radius 3 is 2.78 bits per heavy atom. The van der Waals surface area contributed by atoms with E-state index in [-0.39, 0.29) is 17.3 Å². The van der Waals surface area contributed by atoms with Crippen molar-refractivity contribution in [3.05, 3.63) is 35.1 Å².